The minimum Gasteiger partial charge on any atom is -0.395 e. The number of nitrogens with one attached hydrogen (secondary N) is 1. The average Bonchev–Trinajstić information content (AvgIpc) is 3.22. The lowest BCUT2D eigenvalue weighted by molar-refractivity contribution is 0.280. The summed E-state index contributed by atoms with van der Waals surface area (Å²) in [5, 5.41) is 25.1. The van der Waals surface area contributed by atoms with Gasteiger partial charge >= 0.3 is 0 Å². The van der Waals surface area contributed by atoms with Gasteiger partial charge in [-0.1, -0.05) is 18.2 Å². The maximum Gasteiger partial charge on any atom is 0.228 e. The molecule has 0 saturated carbocycles. The highest BCUT2D eigenvalue weighted by Crippen LogP contribution is 2.38. The summed E-state index contributed by atoms with van der Waals surface area (Å²) in [6.45, 7) is 2.86. The highest BCUT2D eigenvalue weighted by molar-refractivity contribution is 7.17. The van der Waals surface area contributed by atoms with Gasteiger partial charge in [0.05, 0.1) is 30.8 Å². The SMILES string of the molecule is Cc1cccc(CNc2nc(N(CCO)CCO)nc3scc(-c4ccc(F)cc4)c23)n1. The van der Waals surface area contributed by atoms with Crippen LogP contribution in [0.2, 0.25) is 0 Å². The molecule has 9 heteroatoms. The van der Waals surface area contributed by atoms with Crippen LogP contribution in [0.1, 0.15) is 11.4 Å². The molecule has 166 valence electrons. The van der Waals surface area contributed by atoms with Crippen LogP contribution < -0.4 is 10.2 Å². The predicted octanol–water partition coefficient (Wildman–Crippen LogP) is 3.60. The number of aliphatic hydroxyl groups is 2. The van der Waals surface area contributed by atoms with E-state index in [9.17, 15) is 14.6 Å². The number of anilines is 2. The second kappa shape index (κ2) is 9.99. The van der Waals surface area contributed by atoms with E-state index in [0.29, 0.717) is 31.4 Å². The number of benzene rings is 1. The zero-order valence-corrected chi connectivity index (χ0v) is 18.4. The Morgan fingerprint density at radius 2 is 1.75 bits per heavy atom. The third-order valence-electron chi connectivity index (χ3n) is 4.98. The molecule has 0 spiro atoms. The van der Waals surface area contributed by atoms with Crippen molar-refractivity contribution in [2.45, 2.75) is 13.5 Å². The van der Waals surface area contributed by atoms with E-state index >= 15 is 0 Å². The molecule has 4 rings (SSSR count). The van der Waals surface area contributed by atoms with Crippen molar-refractivity contribution < 1.29 is 14.6 Å². The molecule has 0 radical (unpaired) electrons. The van der Waals surface area contributed by atoms with E-state index in [2.05, 4.69) is 15.3 Å². The van der Waals surface area contributed by atoms with Crippen LogP contribution in [0.25, 0.3) is 21.3 Å². The van der Waals surface area contributed by atoms with Crippen molar-refractivity contribution >= 4 is 33.3 Å². The number of hydrogen-bond donors (Lipinski definition) is 3. The quantitative estimate of drug-likeness (QED) is 0.356. The van der Waals surface area contributed by atoms with Gasteiger partial charge in [0.2, 0.25) is 5.95 Å². The van der Waals surface area contributed by atoms with Crippen molar-refractivity contribution in [2.24, 2.45) is 0 Å². The van der Waals surface area contributed by atoms with Crippen LogP contribution >= 0.6 is 11.3 Å². The topological polar surface area (TPSA) is 94.4 Å². The van der Waals surface area contributed by atoms with E-state index < -0.39 is 0 Å². The van der Waals surface area contributed by atoms with Crippen LogP contribution in [0.5, 0.6) is 0 Å². The highest BCUT2D eigenvalue weighted by atomic mass is 32.1. The summed E-state index contributed by atoms with van der Waals surface area (Å²) in [5.41, 5.74) is 3.58. The van der Waals surface area contributed by atoms with Crippen molar-refractivity contribution in [1.29, 1.82) is 0 Å². The Morgan fingerprint density at radius 3 is 2.44 bits per heavy atom. The first-order valence-corrected chi connectivity index (χ1v) is 11.1. The molecule has 0 saturated heterocycles. The van der Waals surface area contributed by atoms with Gasteiger partial charge in [-0.25, -0.2) is 9.37 Å². The van der Waals surface area contributed by atoms with Crippen LogP contribution in [-0.4, -0.2) is 51.5 Å². The Kier molecular flexibility index (Phi) is 6.89. The molecular formula is C23H24FN5O2S. The van der Waals surface area contributed by atoms with Gasteiger partial charge in [0.15, 0.2) is 0 Å². The van der Waals surface area contributed by atoms with Crippen molar-refractivity contribution in [3.63, 3.8) is 0 Å². The number of rotatable bonds is 9. The lowest BCUT2D eigenvalue weighted by atomic mass is 10.1. The molecule has 0 fully saturated rings. The van der Waals surface area contributed by atoms with Crippen LogP contribution in [0.15, 0.2) is 47.8 Å². The maximum absolute atomic E-state index is 13.5. The van der Waals surface area contributed by atoms with E-state index in [-0.39, 0.29) is 19.0 Å². The average molecular weight is 454 g/mol. The van der Waals surface area contributed by atoms with Crippen LogP contribution in [0.3, 0.4) is 0 Å². The van der Waals surface area contributed by atoms with Gasteiger partial charge in [-0.15, -0.1) is 11.3 Å². The van der Waals surface area contributed by atoms with Gasteiger partial charge in [-0.2, -0.15) is 4.98 Å². The molecule has 0 amide bonds. The molecule has 0 aliphatic carbocycles. The monoisotopic (exact) mass is 453 g/mol. The van der Waals surface area contributed by atoms with E-state index in [1.165, 1.54) is 23.5 Å². The molecule has 0 atom stereocenters. The molecule has 0 unspecified atom stereocenters. The molecule has 0 aliphatic rings. The predicted molar refractivity (Wildman–Crippen MR) is 125 cm³/mol. The minimum absolute atomic E-state index is 0.0807. The third-order valence-corrected chi connectivity index (χ3v) is 5.85. The number of aliphatic hydroxyl groups excluding tert-OH is 2. The fourth-order valence-electron chi connectivity index (χ4n) is 3.47. The van der Waals surface area contributed by atoms with E-state index in [1.54, 1.807) is 17.0 Å². The van der Waals surface area contributed by atoms with Gasteiger partial charge in [0.1, 0.15) is 16.5 Å². The molecule has 32 heavy (non-hydrogen) atoms. The first-order valence-electron chi connectivity index (χ1n) is 10.3. The molecule has 4 aromatic rings. The molecule has 0 aliphatic heterocycles. The van der Waals surface area contributed by atoms with Gasteiger partial charge in [0, 0.05) is 29.7 Å². The number of hydrogen-bond acceptors (Lipinski definition) is 8. The van der Waals surface area contributed by atoms with Crippen molar-refractivity contribution in [2.75, 3.05) is 36.5 Å². The van der Waals surface area contributed by atoms with Crippen LogP contribution in [-0.2, 0) is 6.54 Å². The Bertz CT molecular complexity index is 1190. The Balaban J connectivity index is 1.79. The minimum atomic E-state index is -0.292. The number of halogens is 1. The Morgan fingerprint density at radius 1 is 1.00 bits per heavy atom. The smallest absolute Gasteiger partial charge is 0.228 e. The molecule has 3 aromatic heterocycles. The van der Waals surface area contributed by atoms with Crippen LogP contribution in [0, 0.1) is 12.7 Å². The van der Waals surface area contributed by atoms with E-state index in [1.807, 2.05) is 30.5 Å². The molecule has 7 nitrogen and oxygen atoms in total. The van der Waals surface area contributed by atoms with Gasteiger partial charge in [0.25, 0.3) is 0 Å². The molecule has 3 heterocycles. The number of thiophene rings is 1. The molecule has 0 bridgehead atoms. The number of aryl methyl sites for hydroxylation is 1. The summed E-state index contributed by atoms with van der Waals surface area (Å²) < 4.78 is 13.5. The van der Waals surface area contributed by atoms with Gasteiger partial charge < -0.3 is 20.4 Å². The number of pyridine rings is 1. The highest BCUT2D eigenvalue weighted by Gasteiger charge is 2.18. The number of aromatic nitrogens is 3. The van der Waals surface area contributed by atoms with Crippen molar-refractivity contribution in [3.8, 4) is 11.1 Å². The summed E-state index contributed by atoms with van der Waals surface area (Å²) in [6, 6.07) is 12.2. The van der Waals surface area contributed by atoms with Gasteiger partial charge in [-0.05, 0) is 36.8 Å². The molecular weight excluding hydrogens is 429 g/mol. The summed E-state index contributed by atoms with van der Waals surface area (Å²) in [7, 11) is 0. The first kappa shape index (κ1) is 22.1. The van der Waals surface area contributed by atoms with Crippen LogP contribution in [0.4, 0.5) is 16.2 Å². The van der Waals surface area contributed by atoms with Gasteiger partial charge in [-0.3, -0.25) is 4.98 Å². The number of fused-ring (bicyclic) bond motifs is 1. The maximum atomic E-state index is 13.5. The summed E-state index contributed by atoms with van der Waals surface area (Å²) in [5.74, 6) is 0.752. The zero-order valence-electron chi connectivity index (χ0n) is 17.6. The zero-order chi connectivity index (χ0) is 22.5. The van der Waals surface area contributed by atoms with E-state index in [4.69, 9.17) is 4.98 Å². The third kappa shape index (κ3) is 4.85. The largest absolute Gasteiger partial charge is 0.395 e. The Labute approximate surface area is 189 Å². The summed E-state index contributed by atoms with van der Waals surface area (Å²) in [6.07, 6.45) is 0. The fourth-order valence-corrected chi connectivity index (χ4v) is 4.41. The second-order valence-corrected chi connectivity index (χ2v) is 8.12. The standard InChI is InChI=1S/C23H24FN5O2S/c1-15-3-2-4-18(26-15)13-25-21-20-19(16-5-7-17(24)8-6-16)14-32-22(20)28-23(27-21)29(9-11-30)10-12-31/h2-8,14,30-31H,9-13H2,1H3,(H,25,27,28). The normalized spacial score (nSPS) is 11.1. The van der Waals surface area contributed by atoms with Crippen molar-refractivity contribution in [1.82, 2.24) is 15.0 Å². The Hall–Kier alpha value is -3.14. The fraction of sp³-hybridized carbons (Fsp3) is 0.261. The lowest BCUT2D eigenvalue weighted by Gasteiger charge is -2.21. The number of nitrogens with zero attached hydrogens (tertiary/aromatic N) is 4. The van der Waals surface area contributed by atoms with E-state index in [0.717, 1.165) is 32.7 Å². The summed E-state index contributed by atoms with van der Waals surface area (Å²) in [4.78, 5) is 16.5. The van der Waals surface area contributed by atoms with Crippen molar-refractivity contribution in [3.05, 3.63) is 65.0 Å². The second-order valence-electron chi connectivity index (χ2n) is 7.27. The molecule has 1 aromatic carbocycles. The molecule has 3 N–H and O–H groups in total. The lowest BCUT2D eigenvalue weighted by Crippen LogP contribution is -2.31. The summed E-state index contributed by atoms with van der Waals surface area (Å²) >= 11 is 1.47. The first-order chi connectivity index (χ1) is 15.6.